The van der Waals surface area contributed by atoms with Gasteiger partial charge in [0.25, 0.3) is 0 Å². The van der Waals surface area contributed by atoms with Crippen LogP contribution in [0.15, 0.2) is 53.4 Å². The summed E-state index contributed by atoms with van der Waals surface area (Å²) in [7, 11) is -3.31. The normalized spacial score (nSPS) is 13.3. The lowest BCUT2D eigenvalue weighted by molar-refractivity contribution is 0.555. The molecule has 1 N–H and O–H groups in total. The minimum atomic E-state index is -3.31. The highest BCUT2D eigenvalue weighted by Gasteiger charge is 2.22. The van der Waals surface area contributed by atoms with Gasteiger partial charge in [-0.2, -0.15) is 4.37 Å². The van der Waals surface area contributed by atoms with E-state index < -0.39 is 9.84 Å². The number of nitrogens with zero attached hydrogens (tertiary/aromatic N) is 2. The number of rotatable bonds is 5. The number of nitrogens with one attached hydrogen (secondary N) is 1. The summed E-state index contributed by atoms with van der Waals surface area (Å²) in [4.78, 5) is 4.89. The number of hydrogen-bond acceptors (Lipinski definition) is 6. The molecule has 0 fully saturated rings. The lowest BCUT2D eigenvalue weighted by Gasteiger charge is -2.20. The van der Waals surface area contributed by atoms with Crippen molar-refractivity contribution in [2.75, 3.05) is 11.6 Å². The van der Waals surface area contributed by atoms with Gasteiger partial charge in [-0.3, -0.25) is 0 Å². The van der Waals surface area contributed by atoms with E-state index in [0.717, 1.165) is 17.0 Å². The summed E-state index contributed by atoms with van der Waals surface area (Å²) >= 11 is 7.33. The van der Waals surface area contributed by atoms with Gasteiger partial charge in [-0.15, -0.1) is 0 Å². The third kappa shape index (κ3) is 4.90. The second kappa shape index (κ2) is 7.81. The Morgan fingerprint density at radius 2 is 1.75 bits per heavy atom. The average molecular weight is 436 g/mol. The molecule has 0 aliphatic carbocycles. The molecule has 148 valence electrons. The van der Waals surface area contributed by atoms with Crippen LogP contribution in [0.4, 0.5) is 5.13 Å². The van der Waals surface area contributed by atoms with Gasteiger partial charge in [0.15, 0.2) is 9.84 Å². The molecule has 3 aromatic rings. The summed E-state index contributed by atoms with van der Waals surface area (Å²) in [6, 6.07) is 14.1. The largest absolute Gasteiger partial charge is 0.349 e. The Hall–Kier alpha value is -1.96. The van der Waals surface area contributed by atoms with E-state index in [4.69, 9.17) is 11.6 Å². The summed E-state index contributed by atoms with van der Waals surface area (Å²) < 4.78 is 28.5. The van der Waals surface area contributed by atoms with E-state index in [0.29, 0.717) is 10.2 Å². The second-order valence-corrected chi connectivity index (χ2v) is 10.9. The van der Waals surface area contributed by atoms with Gasteiger partial charge in [0, 0.05) is 28.2 Å². The first kappa shape index (κ1) is 20.8. The van der Waals surface area contributed by atoms with Crippen molar-refractivity contribution in [3.05, 3.63) is 70.5 Å². The molecule has 0 aliphatic heterocycles. The van der Waals surface area contributed by atoms with Crippen LogP contribution >= 0.6 is 23.1 Å². The Kier molecular flexibility index (Phi) is 5.79. The number of halogens is 1. The second-order valence-electron chi connectivity index (χ2n) is 7.65. The molecule has 8 heteroatoms. The minimum Gasteiger partial charge on any atom is -0.349 e. The van der Waals surface area contributed by atoms with Crippen molar-refractivity contribution in [1.29, 1.82) is 0 Å². The van der Waals surface area contributed by atoms with E-state index in [9.17, 15) is 8.42 Å². The van der Waals surface area contributed by atoms with E-state index in [2.05, 4.69) is 35.4 Å². The maximum Gasteiger partial charge on any atom is 0.203 e. The maximum atomic E-state index is 12.0. The molecule has 0 amide bonds. The third-order valence-corrected chi connectivity index (χ3v) is 6.20. The first-order valence-electron chi connectivity index (χ1n) is 8.70. The molecule has 28 heavy (non-hydrogen) atoms. The van der Waals surface area contributed by atoms with Gasteiger partial charge in [-0.1, -0.05) is 56.6 Å². The van der Waals surface area contributed by atoms with Gasteiger partial charge in [-0.05, 0) is 35.4 Å². The summed E-state index contributed by atoms with van der Waals surface area (Å²) in [5.74, 6) is 0.764. The van der Waals surface area contributed by atoms with Crippen molar-refractivity contribution >= 4 is 38.1 Å². The number of aromatic nitrogens is 2. The number of anilines is 1. The topological polar surface area (TPSA) is 72.0 Å². The van der Waals surface area contributed by atoms with Crippen molar-refractivity contribution in [3.8, 4) is 0 Å². The highest BCUT2D eigenvalue weighted by Crippen LogP contribution is 2.31. The van der Waals surface area contributed by atoms with Crippen LogP contribution in [0.25, 0.3) is 0 Å². The molecule has 1 heterocycles. The predicted octanol–water partition coefficient (Wildman–Crippen LogP) is 5.09. The molecular weight excluding hydrogens is 414 g/mol. The molecule has 0 aliphatic rings. The van der Waals surface area contributed by atoms with Crippen LogP contribution in [0.3, 0.4) is 0 Å². The van der Waals surface area contributed by atoms with Crippen molar-refractivity contribution in [2.24, 2.45) is 0 Å². The molecule has 0 saturated heterocycles. The summed E-state index contributed by atoms with van der Waals surface area (Å²) in [5, 5.41) is 4.72. The van der Waals surface area contributed by atoms with Crippen LogP contribution in [0.2, 0.25) is 5.02 Å². The molecule has 1 unspecified atom stereocenters. The van der Waals surface area contributed by atoms with Gasteiger partial charge in [0.1, 0.15) is 5.82 Å². The van der Waals surface area contributed by atoms with E-state index >= 15 is 0 Å². The minimum absolute atomic E-state index is 0.150. The predicted molar refractivity (Wildman–Crippen MR) is 115 cm³/mol. The fraction of sp³-hybridized carbons (Fsp3) is 0.300. The Balaban J connectivity index is 2.03. The number of hydrogen-bond donors (Lipinski definition) is 1. The summed E-state index contributed by atoms with van der Waals surface area (Å²) in [6.45, 7) is 6.18. The summed E-state index contributed by atoms with van der Waals surface area (Å²) in [6.07, 6.45) is 1.21. The van der Waals surface area contributed by atoms with Gasteiger partial charge in [0.2, 0.25) is 5.13 Å². The molecule has 2 aromatic carbocycles. The smallest absolute Gasteiger partial charge is 0.203 e. The molecule has 3 rings (SSSR count). The van der Waals surface area contributed by atoms with E-state index in [1.165, 1.54) is 17.8 Å². The standard InChI is InChI=1S/C20H22ClN3O2S2/c1-20(2,3)18-23-19(27-24-18)22-17(13-8-10-15(21)11-9-13)14-6-5-7-16(12-14)28(4,25)26/h5-12,17H,1-4H3,(H,22,23,24). The first-order chi connectivity index (χ1) is 13.0. The molecule has 0 saturated carbocycles. The van der Waals surface area contributed by atoms with E-state index in [1.54, 1.807) is 18.2 Å². The fourth-order valence-corrected chi connectivity index (χ4v) is 4.24. The highest BCUT2D eigenvalue weighted by atomic mass is 35.5. The number of sulfone groups is 1. The molecule has 0 spiro atoms. The Morgan fingerprint density at radius 3 is 2.32 bits per heavy atom. The molecular formula is C20H22ClN3O2S2. The van der Waals surface area contributed by atoms with E-state index in [1.807, 2.05) is 30.3 Å². The van der Waals surface area contributed by atoms with Crippen molar-refractivity contribution in [2.45, 2.75) is 37.1 Å². The zero-order valence-electron chi connectivity index (χ0n) is 16.1. The van der Waals surface area contributed by atoms with E-state index in [-0.39, 0.29) is 16.4 Å². The first-order valence-corrected chi connectivity index (χ1v) is 11.7. The van der Waals surface area contributed by atoms with Crippen LogP contribution < -0.4 is 5.32 Å². The lowest BCUT2D eigenvalue weighted by Crippen LogP contribution is -2.15. The lowest BCUT2D eigenvalue weighted by atomic mass is 9.96. The van der Waals surface area contributed by atoms with Gasteiger partial charge in [-0.25, -0.2) is 13.4 Å². The number of benzene rings is 2. The quantitative estimate of drug-likeness (QED) is 0.604. The Morgan fingerprint density at radius 1 is 1.07 bits per heavy atom. The van der Waals surface area contributed by atoms with Gasteiger partial charge in [0.05, 0.1) is 10.9 Å². The maximum absolute atomic E-state index is 12.0. The molecule has 1 atom stereocenters. The summed E-state index contributed by atoms with van der Waals surface area (Å²) in [5.41, 5.74) is 1.61. The molecule has 5 nitrogen and oxygen atoms in total. The Labute approximate surface area is 174 Å². The Bertz CT molecular complexity index is 1070. The highest BCUT2D eigenvalue weighted by molar-refractivity contribution is 7.90. The average Bonchev–Trinajstić information content (AvgIpc) is 3.09. The van der Waals surface area contributed by atoms with Crippen molar-refractivity contribution in [1.82, 2.24) is 9.36 Å². The van der Waals surface area contributed by atoms with Gasteiger partial charge >= 0.3 is 0 Å². The van der Waals surface area contributed by atoms with Gasteiger partial charge < -0.3 is 5.32 Å². The van der Waals surface area contributed by atoms with Crippen LogP contribution in [0.1, 0.15) is 43.8 Å². The van der Waals surface area contributed by atoms with Crippen molar-refractivity contribution in [3.63, 3.8) is 0 Å². The molecule has 0 radical (unpaired) electrons. The zero-order valence-corrected chi connectivity index (χ0v) is 18.5. The molecule has 1 aromatic heterocycles. The zero-order chi connectivity index (χ0) is 20.5. The third-order valence-electron chi connectivity index (χ3n) is 4.19. The van der Waals surface area contributed by atoms with Crippen molar-refractivity contribution < 1.29 is 8.42 Å². The molecule has 0 bridgehead atoms. The SMILES string of the molecule is CC(C)(C)c1nsc(NC(c2ccc(Cl)cc2)c2cccc(S(C)(=O)=O)c2)n1. The van der Waals surface area contributed by atoms with Crippen LogP contribution in [0.5, 0.6) is 0 Å². The van der Waals surface area contributed by atoms with Crippen LogP contribution in [0, 0.1) is 0 Å². The fourth-order valence-electron chi connectivity index (χ4n) is 2.65. The van der Waals surface area contributed by atoms with Crippen LogP contribution in [-0.4, -0.2) is 24.0 Å². The monoisotopic (exact) mass is 435 g/mol. The van der Waals surface area contributed by atoms with Crippen LogP contribution in [-0.2, 0) is 15.3 Å².